The van der Waals surface area contributed by atoms with E-state index >= 15 is 0 Å². The number of amides is 4. The highest BCUT2D eigenvalue weighted by molar-refractivity contribution is 6.07. The second-order valence-corrected chi connectivity index (χ2v) is 8.07. The lowest BCUT2D eigenvalue weighted by molar-refractivity contribution is -0.131. The van der Waals surface area contributed by atoms with Gasteiger partial charge in [0.15, 0.2) is 0 Å². The first kappa shape index (κ1) is 20.3. The zero-order chi connectivity index (χ0) is 20.1. The molecule has 7 nitrogen and oxygen atoms in total. The lowest BCUT2D eigenvalue weighted by Crippen LogP contribution is -2.44. The predicted molar refractivity (Wildman–Crippen MR) is 107 cm³/mol. The standard InChI is InChI=1S/C21H30N4O3/c1-24(2)15-17(16-9-4-3-5-10-16)22-18(26)11-8-14-25-19(27)21(23-20(25)28)12-6-7-13-21/h3-5,9-10,17H,6-8,11-15H2,1-2H3,(H,22,26)(H,23,28)/t17-/m1/s1. The van der Waals surface area contributed by atoms with Crippen molar-refractivity contribution >= 4 is 17.8 Å². The van der Waals surface area contributed by atoms with Gasteiger partial charge in [0.25, 0.3) is 5.91 Å². The van der Waals surface area contributed by atoms with E-state index in [9.17, 15) is 14.4 Å². The van der Waals surface area contributed by atoms with Gasteiger partial charge in [-0.2, -0.15) is 0 Å². The molecule has 0 aromatic heterocycles. The normalized spacial score (nSPS) is 19.3. The molecule has 2 N–H and O–H groups in total. The number of carbonyl (C=O) groups excluding carboxylic acids is 3. The highest BCUT2D eigenvalue weighted by atomic mass is 16.2. The highest BCUT2D eigenvalue weighted by Crippen LogP contribution is 2.35. The minimum atomic E-state index is -0.677. The van der Waals surface area contributed by atoms with Crippen LogP contribution in [0.4, 0.5) is 4.79 Å². The molecule has 0 unspecified atom stereocenters. The molecular formula is C21H30N4O3. The minimum Gasteiger partial charge on any atom is -0.348 e. The van der Waals surface area contributed by atoms with Crippen LogP contribution < -0.4 is 10.6 Å². The lowest BCUT2D eigenvalue weighted by atomic mass is 9.98. The zero-order valence-corrected chi connectivity index (χ0v) is 16.7. The summed E-state index contributed by atoms with van der Waals surface area (Å²) in [4.78, 5) is 40.6. The summed E-state index contributed by atoms with van der Waals surface area (Å²) < 4.78 is 0. The summed E-state index contributed by atoms with van der Waals surface area (Å²) in [6, 6.07) is 9.46. The molecule has 0 bridgehead atoms. The van der Waals surface area contributed by atoms with Gasteiger partial charge in [-0.15, -0.1) is 0 Å². The van der Waals surface area contributed by atoms with Gasteiger partial charge < -0.3 is 15.5 Å². The quantitative estimate of drug-likeness (QED) is 0.670. The number of urea groups is 1. The summed E-state index contributed by atoms with van der Waals surface area (Å²) in [6.07, 6.45) is 4.12. The molecule has 7 heteroatoms. The zero-order valence-electron chi connectivity index (χ0n) is 16.7. The van der Waals surface area contributed by atoms with E-state index in [-0.39, 0.29) is 36.9 Å². The molecule has 3 rings (SSSR count). The third-order valence-electron chi connectivity index (χ3n) is 5.57. The van der Waals surface area contributed by atoms with Gasteiger partial charge in [-0.25, -0.2) is 4.79 Å². The van der Waals surface area contributed by atoms with Crippen molar-refractivity contribution in [2.24, 2.45) is 0 Å². The SMILES string of the molecule is CN(C)C[C@@H](NC(=O)CCCN1C(=O)NC2(CCCC2)C1=O)c1ccccc1. The Labute approximate surface area is 166 Å². The third-order valence-corrected chi connectivity index (χ3v) is 5.57. The number of hydrogen-bond donors (Lipinski definition) is 2. The smallest absolute Gasteiger partial charge is 0.325 e. The Morgan fingerprint density at radius 1 is 1.21 bits per heavy atom. The maximum atomic E-state index is 12.6. The molecule has 1 saturated carbocycles. The van der Waals surface area contributed by atoms with Crippen molar-refractivity contribution in [3.05, 3.63) is 35.9 Å². The van der Waals surface area contributed by atoms with Crippen molar-refractivity contribution in [1.29, 1.82) is 0 Å². The van der Waals surface area contributed by atoms with Gasteiger partial charge in [-0.3, -0.25) is 14.5 Å². The molecule has 4 amide bonds. The van der Waals surface area contributed by atoms with E-state index in [4.69, 9.17) is 0 Å². The Morgan fingerprint density at radius 2 is 1.89 bits per heavy atom. The van der Waals surface area contributed by atoms with Gasteiger partial charge >= 0.3 is 6.03 Å². The molecule has 1 aliphatic heterocycles. The van der Waals surface area contributed by atoms with E-state index in [1.54, 1.807) is 0 Å². The van der Waals surface area contributed by atoms with Gasteiger partial charge in [0.1, 0.15) is 5.54 Å². The summed E-state index contributed by atoms with van der Waals surface area (Å²) >= 11 is 0. The summed E-state index contributed by atoms with van der Waals surface area (Å²) in [5, 5.41) is 5.95. The summed E-state index contributed by atoms with van der Waals surface area (Å²) in [6.45, 7) is 0.981. The Hall–Kier alpha value is -2.41. The van der Waals surface area contributed by atoms with Gasteiger partial charge in [-0.1, -0.05) is 43.2 Å². The van der Waals surface area contributed by atoms with Crippen LogP contribution in [-0.2, 0) is 9.59 Å². The van der Waals surface area contributed by atoms with Crippen molar-refractivity contribution in [3.63, 3.8) is 0 Å². The van der Waals surface area contributed by atoms with Crippen molar-refractivity contribution in [2.45, 2.75) is 50.1 Å². The van der Waals surface area contributed by atoms with E-state index in [1.807, 2.05) is 49.3 Å². The van der Waals surface area contributed by atoms with E-state index in [0.717, 1.165) is 31.2 Å². The molecule has 2 fully saturated rings. The van der Waals surface area contributed by atoms with Crippen LogP contribution in [0.2, 0.25) is 0 Å². The average molecular weight is 386 g/mol. The number of carbonyl (C=O) groups is 3. The van der Waals surface area contributed by atoms with Crippen LogP contribution in [0.15, 0.2) is 30.3 Å². The maximum absolute atomic E-state index is 12.6. The van der Waals surface area contributed by atoms with Gasteiger partial charge in [0.2, 0.25) is 5.91 Å². The Balaban J connectivity index is 1.51. The summed E-state index contributed by atoms with van der Waals surface area (Å²) in [5.74, 6) is -0.191. The Kier molecular flexibility index (Phi) is 6.34. The Morgan fingerprint density at radius 3 is 2.54 bits per heavy atom. The van der Waals surface area contributed by atoms with Gasteiger partial charge in [0.05, 0.1) is 6.04 Å². The molecule has 1 heterocycles. The number of benzene rings is 1. The monoisotopic (exact) mass is 386 g/mol. The van der Waals surface area contributed by atoms with Crippen LogP contribution in [0.1, 0.15) is 50.1 Å². The average Bonchev–Trinajstić information content (AvgIpc) is 3.22. The first-order chi connectivity index (χ1) is 13.4. The number of nitrogens with zero attached hydrogens (tertiary/aromatic N) is 2. The fourth-order valence-electron chi connectivity index (χ4n) is 4.15. The van der Waals surface area contributed by atoms with Crippen LogP contribution in [0.25, 0.3) is 0 Å². The highest BCUT2D eigenvalue weighted by Gasteiger charge is 2.52. The van der Waals surface area contributed by atoms with E-state index in [2.05, 4.69) is 10.6 Å². The van der Waals surface area contributed by atoms with Gasteiger partial charge in [-0.05, 0) is 38.9 Å². The number of nitrogens with one attached hydrogen (secondary N) is 2. The number of imide groups is 1. The number of rotatable bonds is 8. The molecule has 1 spiro atoms. The van der Waals surface area contributed by atoms with Crippen molar-refractivity contribution in [1.82, 2.24) is 20.4 Å². The molecule has 1 aromatic rings. The minimum absolute atomic E-state index is 0.0710. The summed E-state index contributed by atoms with van der Waals surface area (Å²) in [5.41, 5.74) is 0.380. The summed E-state index contributed by atoms with van der Waals surface area (Å²) in [7, 11) is 3.94. The van der Waals surface area contributed by atoms with Crippen LogP contribution in [0, 0.1) is 0 Å². The molecule has 152 valence electrons. The Bertz CT molecular complexity index is 714. The largest absolute Gasteiger partial charge is 0.348 e. The van der Waals surface area contributed by atoms with E-state index in [0.29, 0.717) is 13.0 Å². The number of likely N-dealkylation sites (N-methyl/N-ethyl adjacent to an activating group) is 1. The van der Waals surface area contributed by atoms with Crippen molar-refractivity contribution in [2.75, 3.05) is 27.2 Å². The third kappa shape index (κ3) is 4.52. The van der Waals surface area contributed by atoms with E-state index < -0.39 is 5.54 Å². The molecule has 1 atom stereocenters. The van der Waals surface area contributed by atoms with Crippen LogP contribution >= 0.6 is 0 Å². The fourth-order valence-corrected chi connectivity index (χ4v) is 4.15. The second-order valence-electron chi connectivity index (χ2n) is 8.07. The van der Waals surface area contributed by atoms with Gasteiger partial charge in [0, 0.05) is 19.5 Å². The molecule has 1 saturated heterocycles. The van der Waals surface area contributed by atoms with E-state index in [1.165, 1.54) is 4.90 Å². The predicted octanol–water partition coefficient (Wildman–Crippen LogP) is 2.05. The first-order valence-corrected chi connectivity index (χ1v) is 10.0. The maximum Gasteiger partial charge on any atom is 0.325 e. The van der Waals surface area contributed by atoms with Crippen LogP contribution in [0.5, 0.6) is 0 Å². The molecule has 0 radical (unpaired) electrons. The number of hydrogen-bond acceptors (Lipinski definition) is 4. The molecular weight excluding hydrogens is 356 g/mol. The molecule has 2 aliphatic rings. The molecule has 28 heavy (non-hydrogen) atoms. The van der Waals surface area contributed by atoms with Crippen LogP contribution in [-0.4, -0.2) is 60.4 Å². The topological polar surface area (TPSA) is 81.8 Å². The lowest BCUT2D eigenvalue weighted by Gasteiger charge is -2.23. The first-order valence-electron chi connectivity index (χ1n) is 10.0. The fraction of sp³-hybridized carbons (Fsp3) is 0.571. The molecule has 1 aliphatic carbocycles. The second kappa shape index (κ2) is 8.73. The van der Waals surface area contributed by atoms with Crippen LogP contribution in [0.3, 0.4) is 0 Å². The van der Waals surface area contributed by atoms with Crippen molar-refractivity contribution < 1.29 is 14.4 Å². The molecule has 1 aromatic carbocycles. The van der Waals surface area contributed by atoms with Crippen molar-refractivity contribution in [3.8, 4) is 0 Å².